The van der Waals surface area contributed by atoms with E-state index in [-0.39, 0.29) is 24.5 Å². The van der Waals surface area contributed by atoms with Gasteiger partial charge in [-0.15, -0.1) is 0 Å². The molecule has 3 rings (SSSR count). The van der Waals surface area contributed by atoms with E-state index >= 15 is 0 Å². The lowest BCUT2D eigenvalue weighted by Gasteiger charge is -2.35. The van der Waals surface area contributed by atoms with E-state index in [0.29, 0.717) is 19.4 Å². The lowest BCUT2D eigenvalue weighted by molar-refractivity contribution is -0.0498. The van der Waals surface area contributed by atoms with Gasteiger partial charge >= 0.3 is 12.7 Å². The van der Waals surface area contributed by atoms with E-state index in [1.165, 1.54) is 12.1 Å². The third-order valence-corrected chi connectivity index (χ3v) is 4.37. The fraction of sp³-hybridized carbons (Fsp3) is 0.381. The minimum Gasteiger partial charge on any atom is -0.446 e. The average molecular weight is 393 g/mol. The maximum atomic E-state index is 12.1. The zero-order chi connectivity index (χ0) is 20.4. The first-order valence-corrected chi connectivity index (χ1v) is 9.14. The molecule has 2 aromatic carbocycles. The number of hydrogen-bond donors (Lipinski definition) is 1. The van der Waals surface area contributed by atoms with Crippen LogP contribution in [-0.2, 0) is 4.74 Å². The van der Waals surface area contributed by atoms with E-state index in [1.807, 2.05) is 43.3 Å². The molecule has 0 aromatic heterocycles. The molecule has 7 heteroatoms. The van der Waals surface area contributed by atoms with Gasteiger partial charge in [-0.05, 0) is 24.6 Å². The topological polar surface area (TPSA) is 59.0 Å². The van der Waals surface area contributed by atoms with E-state index < -0.39 is 12.7 Å². The minimum atomic E-state index is -2.86. The average Bonchev–Trinajstić information content (AvgIpc) is 2.70. The van der Waals surface area contributed by atoms with E-state index in [1.54, 1.807) is 17.0 Å². The van der Waals surface area contributed by atoms with Crippen molar-refractivity contribution in [3.05, 3.63) is 66.2 Å². The highest BCUT2D eigenvalue weighted by Crippen LogP contribution is 2.27. The summed E-state index contributed by atoms with van der Waals surface area (Å²) in [6.45, 7) is -0.501. The smallest absolute Gasteiger partial charge is 0.410 e. The van der Waals surface area contributed by atoms with Gasteiger partial charge in [-0.3, -0.25) is 0 Å². The molecule has 0 bridgehead atoms. The molecule has 1 aliphatic rings. The largest absolute Gasteiger partial charge is 0.446 e. The number of amides is 1. The van der Waals surface area contributed by atoms with E-state index in [0.717, 1.165) is 5.56 Å². The number of alkyl halides is 2. The van der Waals surface area contributed by atoms with Crippen molar-refractivity contribution in [2.75, 3.05) is 13.2 Å². The first-order chi connectivity index (χ1) is 13.5. The van der Waals surface area contributed by atoms with Crippen molar-refractivity contribution in [3.63, 3.8) is 0 Å². The molecule has 0 spiro atoms. The van der Waals surface area contributed by atoms with Gasteiger partial charge in [-0.2, -0.15) is 8.78 Å². The van der Waals surface area contributed by atoms with Crippen LogP contribution >= 0.6 is 0 Å². The molecule has 152 valence electrons. The number of nitrogens with zero attached hydrogens (tertiary/aromatic N) is 1. The number of rotatable bonds is 6. The molecule has 1 fully saturated rings. The Kier molecular flexibility index (Phi) is 8.68. The summed E-state index contributed by atoms with van der Waals surface area (Å²) >= 11 is 0. The minimum absolute atomic E-state index is 0.0148. The summed E-state index contributed by atoms with van der Waals surface area (Å²) in [4.78, 5) is 13.6. The van der Waals surface area contributed by atoms with Crippen molar-refractivity contribution in [3.8, 4) is 5.75 Å². The van der Waals surface area contributed by atoms with Gasteiger partial charge < -0.3 is 19.5 Å². The molecule has 28 heavy (non-hydrogen) atoms. The Balaban J connectivity index is 0.000000397. The Morgan fingerprint density at radius 1 is 1.14 bits per heavy atom. The van der Waals surface area contributed by atoms with Crippen LogP contribution in [0.1, 0.15) is 31.4 Å². The number of aliphatic hydroxyl groups excluding tert-OH is 1. The standard InChI is InChI=1S/C15H19F2NO4.C6H6/c1-10(11-2-4-12(5-3-11)21-14(16)17)18-8-6-13(7-9-19)22-15(18)20;1-2-4-6-5-3-1/h2-5,10,13-14,19H,6-9H2,1H3;1-6H. The van der Waals surface area contributed by atoms with Crippen LogP contribution in [0.25, 0.3) is 0 Å². The van der Waals surface area contributed by atoms with Gasteiger partial charge in [0.1, 0.15) is 11.9 Å². The summed E-state index contributed by atoms with van der Waals surface area (Å²) in [5, 5.41) is 8.88. The Labute approximate surface area is 163 Å². The zero-order valence-electron chi connectivity index (χ0n) is 15.7. The number of aliphatic hydroxyl groups is 1. The molecule has 1 N–H and O–H groups in total. The van der Waals surface area contributed by atoms with Crippen molar-refractivity contribution in [2.45, 2.75) is 38.5 Å². The predicted octanol–water partition coefficient (Wildman–Crippen LogP) is 4.63. The van der Waals surface area contributed by atoms with Gasteiger partial charge in [0.15, 0.2) is 0 Å². The van der Waals surface area contributed by atoms with Crippen molar-refractivity contribution >= 4 is 6.09 Å². The number of ether oxygens (including phenoxy) is 2. The molecular formula is C21H25F2NO4. The molecule has 2 aromatic rings. The number of hydrogen-bond acceptors (Lipinski definition) is 4. The molecule has 1 heterocycles. The fourth-order valence-electron chi connectivity index (χ4n) is 2.84. The maximum Gasteiger partial charge on any atom is 0.410 e. The van der Waals surface area contributed by atoms with Gasteiger partial charge in [0.2, 0.25) is 0 Å². The van der Waals surface area contributed by atoms with Gasteiger partial charge in [-0.1, -0.05) is 48.5 Å². The first kappa shape index (κ1) is 21.6. The number of halogens is 2. The second kappa shape index (κ2) is 11.2. The highest BCUT2D eigenvalue weighted by atomic mass is 19.3. The summed E-state index contributed by atoms with van der Waals surface area (Å²) in [5.41, 5.74) is 0.805. The second-order valence-electron chi connectivity index (χ2n) is 6.28. The summed E-state index contributed by atoms with van der Waals surface area (Å²) in [6, 6.07) is 18.0. The lowest BCUT2D eigenvalue weighted by atomic mass is 10.1. The lowest BCUT2D eigenvalue weighted by Crippen LogP contribution is -2.43. The molecule has 0 saturated carbocycles. The summed E-state index contributed by atoms with van der Waals surface area (Å²) in [5.74, 6) is 0.0789. The first-order valence-electron chi connectivity index (χ1n) is 9.14. The zero-order valence-corrected chi connectivity index (χ0v) is 15.7. The second-order valence-corrected chi connectivity index (χ2v) is 6.28. The fourth-order valence-corrected chi connectivity index (χ4v) is 2.84. The molecule has 0 radical (unpaired) electrons. The predicted molar refractivity (Wildman–Crippen MR) is 101 cm³/mol. The Morgan fingerprint density at radius 2 is 1.71 bits per heavy atom. The van der Waals surface area contributed by atoms with Crippen LogP contribution in [0.4, 0.5) is 13.6 Å². The van der Waals surface area contributed by atoms with Crippen LogP contribution in [0.2, 0.25) is 0 Å². The number of cyclic esters (lactones) is 1. The van der Waals surface area contributed by atoms with Crippen LogP contribution < -0.4 is 4.74 Å². The Bertz CT molecular complexity index is 671. The maximum absolute atomic E-state index is 12.1. The number of carbonyl (C=O) groups excluding carboxylic acids is 1. The van der Waals surface area contributed by atoms with Crippen LogP contribution in [0.5, 0.6) is 5.75 Å². The van der Waals surface area contributed by atoms with E-state index in [2.05, 4.69) is 4.74 Å². The van der Waals surface area contributed by atoms with Gasteiger partial charge in [0.25, 0.3) is 0 Å². The highest BCUT2D eigenvalue weighted by Gasteiger charge is 2.30. The van der Waals surface area contributed by atoms with Crippen molar-refractivity contribution < 1.29 is 28.2 Å². The van der Waals surface area contributed by atoms with E-state index in [9.17, 15) is 13.6 Å². The molecule has 1 aliphatic heterocycles. The molecule has 1 amide bonds. The van der Waals surface area contributed by atoms with Crippen molar-refractivity contribution in [1.29, 1.82) is 0 Å². The van der Waals surface area contributed by atoms with Gasteiger partial charge in [-0.25, -0.2) is 4.79 Å². The van der Waals surface area contributed by atoms with Crippen LogP contribution in [0.3, 0.4) is 0 Å². The molecule has 2 atom stereocenters. The highest BCUT2D eigenvalue weighted by molar-refractivity contribution is 5.69. The third kappa shape index (κ3) is 6.81. The number of benzene rings is 2. The Morgan fingerprint density at radius 3 is 2.18 bits per heavy atom. The molecule has 2 unspecified atom stereocenters. The summed E-state index contributed by atoms with van der Waals surface area (Å²) in [6.07, 6.45) is 0.421. The van der Waals surface area contributed by atoms with E-state index in [4.69, 9.17) is 9.84 Å². The summed E-state index contributed by atoms with van der Waals surface area (Å²) < 4.78 is 33.8. The van der Waals surface area contributed by atoms with Gasteiger partial charge in [0.05, 0.1) is 6.04 Å². The normalized spacial score (nSPS) is 17.4. The van der Waals surface area contributed by atoms with Crippen molar-refractivity contribution in [2.24, 2.45) is 0 Å². The van der Waals surface area contributed by atoms with Gasteiger partial charge in [0, 0.05) is 26.0 Å². The number of carbonyl (C=O) groups is 1. The Hall–Kier alpha value is -2.67. The molecule has 0 aliphatic carbocycles. The van der Waals surface area contributed by atoms with Crippen LogP contribution in [-0.4, -0.2) is 42.0 Å². The molecule has 1 saturated heterocycles. The quantitative estimate of drug-likeness (QED) is 0.777. The van der Waals surface area contributed by atoms with Crippen LogP contribution in [0.15, 0.2) is 60.7 Å². The summed E-state index contributed by atoms with van der Waals surface area (Å²) in [7, 11) is 0. The van der Waals surface area contributed by atoms with Crippen molar-refractivity contribution in [1.82, 2.24) is 4.90 Å². The molecular weight excluding hydrogens is 368 g/mol. The monoisotopic (exact) mass is 393 g/mol. The molecule has 5 nitrogen and oxygen atoms in total. The SMILES string of the molecule is CC(c1ccc(OC(F)F)cc1)N1CCC(CCO)OC1=O.c1ccccc1. The van der Waals surface area contributed by atoms with Crippen LogP contribution in [0, 0.1) is 0 Å². The third-order valence-electron chi connectivity index (χ3n) is 4.37.